The van der Waals surface area contributed by atoms with Gasteiger partial charge in [0.1, 0.15) is 0 Å². The molecule has 0 saturated carbocycles. The molecular weight excluding hydrogens is 442 g/mol. The molecule has 1 aliphatic rings. The van der Waals surface area contributed by atoms with Crippen LogP contribution in [0, 0.1) is 27.7 Å². The number of benzene rings is 2. The first-order valence-corrected chi connectivity index (χ1v) is 9.97. The third-order valence-corrected chi connectivity index (χ3v) is 5.89. The summed E-state index contributed by atoms with van der Waals surface area (Å²) in [4.78, 5) is 0. The fraction of sp³-hybridized carbons (Fsp3) is 0.333. The smallest absolute Gasteiger partial charge is 1.00 e. The normalized spacial score (nSPS) is 12.9. The third-order valence-electron chi connectivity index (χ3n) is 5.10. The molecule has 0 spiro atoms. The van der Waals surface area contributed by atoms with E-state index in [1.54, 1.807) is 11.1 Å². The number of hydrogen-bond acceptors (Lipinski definition) is 0. The minimum absolute atomic E-state index is 0. The molecule has 28 heavy (non-hydrogen) atoms. The first-order chi connectivity index (χ1) is 11.9. The molecular formula is C24H27Cl3Ti. The molecule has 0 nitrogen and oxygen atoms in total. The molecule has 0 saturated heterocycles. The van der Waals surface area contributed by atoms with E-state index < -0.39 is 0 Å². The molecule has 2 aromatic carbocycles. The van der Waals surface area contributed by atoms with Crippen LogP contribution in [-0.4, -0.2) is 0 Å². The van der Waals surface area contributed by atoms with E-state index in [1.807, 2.05) is 0 Å². The van der Waals surface area contributed by atoms with Gasteiger partial charge in [0.15, 0.2) is 0 Å². The fourth-order valence-corrected chi connectivity index (χ4v) is 4.98. The van der Waals surface area contributed by atoms with Gasteiger partial charge in [0.2, 0.25) is 0 Å². The summed E-state index contributed by atoms with van der Waals surface area (Å²) in [5.74, 6) is 0.362. The predicted octanol–water partition coefficient (Wildman–Crippen LogP) is -2.39. The Morgan fingerprint density at radius 3 is 1.50 bits per heavy atom. The largest absolute Gasteiger partial charge is 1.00 e. The van der Waals surface area contributed by atoms with E-state index in [0.717, 1.165) is 12.8 Å². The van der Waals surface area contributed by atoms with Gasteiger partial charge >= 0.3 is 165 Å². The summed E-state index contributed by atoms with van der Waals surface area (Å²) in [5, 5.41) is 0. The van der Waals surface area contributed by atoms with Gasteiger partial charge in [-0.25, -0.2) is 0 Å². The molecule has 0 atom stereocenters. The zero-order valence-corrected chi connectivity index (χ0v) is 21.0. The van der Waals surface area contributed by atoms with Gasteiger partial charge in [-0.05, 0) is 0 Å². The van der Waals surface area contributed by atoms with Gasteiger partial charge in [-0.15, -0.1) is 0 Å². The number of halogens is 3. The molecule has 3 rings (SSSR count). The van der Waals surface area contributed by atoms with E-state index in [2.05, 4.69) is 97.5 Å². The van der Waals surface area contributed by atoms with Crippen LogP contribution in [0.5, 0.6) is 0 Å². The van der Waals surface area contributed by atoms with Crippen molar-refractivity contribution in [3.05, 3.63) is 90.9 Å². The number of allylic oxidation sites excluding steroid dienone is 4. The van der Waals surface area contributed by atoms with Crippen molar-refractivity contribution >= 4 is 0 Å². The summed E-state index contributed by atoms with van der Waals surface area (Å²) < 4.78 is 1.47. The zero-order chi connectivity index (χ0) is 18.1. The van der Waals surface area contributed by atoms with Gasteiger partial charge in [0.25, 0.3) is 0 Å². The topological polar surface area (TPSA) is 0 Å². The van der Waals surface area contributed by atoms with Crippen LogP contribution in [0.2, 0.25) is 0 Å². The van der Waals surface area contributed by atoms with Gasteiger partial charge in [0, 0.05) is 0 Å². The van der Waals surface area contributed by atoms with Crippen molar-refractivity contribution in [2.45, 2.75) is 53.4 Å². The van der Waals surface area contributed by atoms with Crippen LogP contribution >= 0.6 is 0 Å². The molecule has 0 radical (unpaired) electrons. The quantitative estimate of drug-likeness (QED) is 0.439. The van der Waals surface area contributed by atoms with Gasteiger partial charge in [0.05, 0.1) is 0 Å². The molecule has 4 heteroatoms. The summed E-state index contributed by atoms with van der Waals surface area (Å²) in [7, 11) is 0. The third kappa shape index (κ3) is 6.00. The predicted molar refractivity (Wildman–Crippen MR) is 104 cm³/mol. The van der Waals surface area contributed by atoms with Crippen LogP contribution in [0.3, 0.4) is 0 Å². The zero-order valence-electron chi connectivity index (χ0n) is 17.2. The van der Waals surface area contributed by atoms with E-state index in [-0.39, 0.29) is 37.2 Å². The second-order valence-corrected chi connectivity index (χ2v) is 8.30. The first kappa shape index (κ1) is 27.5. The molecule has 0 unspecified atom stereocenters. The molecule has 0 aromatic heterocycles. The average Bonchev–Trinajstić information content (AvgIpc) is 2.86. The van der Waals surface area contributed by atoms with Crippen molar-refractivity contribution in [1.29, 1.82) is 0 Å². The molecule has 0 amide bonds. The Bertz CT molecular complexity index is 789. The monoisotopic (exact) mass is 468 g/mol. The first-order valence-electron chi connectivity index (χ1n) is 9.19. The summed E-state index contributed by atoms with van der Waals surface area (Å²) >= 11 is 2.27. The van der Waals surface area contributed by atoms with E-state index in [0.29, 0.717) is 5.92 Å². The summed E-state index contributed by atoms with van der Waals surface area (Å²) in [6, 6.07) is 14.1. The fourth-order valence-electron chi connectivity index (χ4n) is 4.29. The van der Waals surface area contributed by atoms with E-state index in [9.17, 15) is 0 Å². The van der Waals surface area contributed by atoms with Crippen molar-refractivity contribution in [2.75, 3.05) is 0 Å². The molecule has 0 bridgehead atoms. The maximum Gasteiger partial charge on any atom is -1.00 e. The van der Waals surface area contributed by atoms with Crippen molar-refractivity contribution in [3.63, 3.8) is 0 Å². The Hall–Kier alpha value is -0.496. The van der Waals surface area contributed by atoms with Gasteiger partial charge < -0.3 is 37.2 Å². The Morgan fingerprint density at radius 2 is 1.14 bits per heavy atom. The second-order valence-electron chi connectivity index (χ2n) is 7.45. The standard InChI is InChI=1S/C24H27.3ClH.Ti/c1-6-20-8-7-9-23(20)24(21-12-16(2)10-17(3)13-21)22-14-18(4)11-19(5)15-22;;;;/h7,10-15,24H,6,9H2,1-5H3;3*1H;/q;;;;+3/p-3. The van der Waals surface area contributed by atoms with Crippen molar-refractivity contribution in [1.82, 2.24) is 0 Å². The van der Waals surface area contributed by atoms with Gasteiger partial charge in [-0.2, -0.15) is 0 Å². The molecule has 1 aliphatic carbocycles. The van der Waals surface area contributed by atoms with Gasteiger partial charge in [-0.3, -0.25) is 0 Å². The van der Waals surface area contributed by atoms with Crippen molar-refractivity contribution in [2.24, 2.45) is 0 Å². The van der Waals surface area contributed by atoms with Crippen LogP contribution in [0.25, 0.3) is 0 Å². The van der Waals surface area contributed by atoms with Crippen LogP contribution in [0.4, 0.5) is 0 Å². The van der Waals surface area contributed by atoms with Crippen LogP contribution in [-0.2, 0) is 20.4 Å². The molecule has 0 aliphatic heterocycles. The van der Waals surface area contributed by atoms with E-state index in [4.69, 9.17) is 0 Å². The number of aryl methyl sites for hydroxylation is 4. The maximum absolute atomic E-state index is 2.41. The second kappa shape index (κ2) is 11.6. The Balaban J connectivity index is 0.00000243. The minimum atomic E-state index is 0. The van der Waals surface area contributed by atoms with Crippen molar-refractivity contribution < 1.29 is 57.7 Å². The Labute approximate surface area is 200 Å². The number of hydrogen-bond donors (Lipinski definition) is 0. The molecule has 2 aromatic rings. The summed E-state index contributed by atoms with van der Waals surface area (Å²) in [5.41, 5.74) is 11.4. The van der Waals surface area contributed by atoms with Crippen LogP contribution in [0.15, 0.2) is 57.5 Å². The average molecular weight is 470 g/mol. The Kier molecular flexibility index (Phi) is 11.4. The molecule has 148 valence electrons. The van der Waals surface area contributed by atoms with E-state index >= 15 is 0 Å². The SMILES string of the molecule is CCC1=C(C(c2cc(C)cc(C)c2)c2cc(C)cc(C)c2)CC=[C]1[Ti+3].[Cl-].[Cl-].[Cl-]. The molecule has 0 fully saturated rings. The summed E-state index contributed by atoms with van der Waals surface area (Å²) in [6.45, 7) is 11.1. The Morgan fingerprint density at radius 1 is 0.750 bits per heavy atom. The summed E-state index contributed by atoms with van der Waals surface area (Å²) in [6.07, 6.45) is 4.61. The molecule has 0 heterocycles. The van der Waals surface area contributed by atoms with Crippen molar-refractivity contribution in [3.8, 4) is 0 Å². The number of rotatable bonds is 4. The maximum atomic E-state index is 2.41. The van der Waals surface area contributed by atoms with Crippen LogP contribution in [0.1, 0.15) is 59.1 Å². The van der Waals surface area contributed by atoms with Crippen LogP contribution < -0.4 is 37.2 Å². The van der Waals surface area contributed by atoms with E-state index in [1.165, 1.54) is 37.3 Å². The van der Waals surface area contributed by atoms with Gasteiger partial charge in [-0.1, -0.05) is 0 Å². The minimum Gasteiger partial charge on any atom is -1.00 e. The molecule has 0 N–H and O–H groups in total.